The molecule has 1 saturated heterocycles. The lowest BCUT2D eigenvalue weighted by Gasteiger charge is -2.32. The topological polar surface area (TPSA) is 69.8 Å². The van der Waals surface area contributed by atoms with Gasteiger partial charge in [0, 0.05) is 25.2 Å². The van der Waals surface area contributed by atoms with Crippen molar-refractivity contribution < 1.29 is 13.6 Å². The molecule has 0 aromatic carbocycles. The number of hydrogen-bond donors (Lipinski definition) is 3. The second kappa shape index (κ2) is 5.24. The van der Waals surface area contributed by atoms with Crippen LogP contribution < -0.4 is 10.6 Å². The average Bonchev–Trinajstić information content (AvgIpc) is 2.81. The maximum Gasteiger partial charge on any atom is 0.272 e. The van der Waals surface area contributed by atoms with E-state index in [1.165, 1.54) is 0 Å². The van der Waals surface area contributed by atoms with E-state index in [1.807, 2.05) is 13.8 Å². The van der Waals surface area contributed by atoms with Crippen molar-refractivity contribution in [2.75, 3.05) is 13.1 Å². The van der Waals surface area contributed by atoms with Gasteiger partial charge in [0.05, 0.1) is 0 Å². The minimum Gasteiger partial charge on any atom is -0.341 e. The van der Waals surface area contributed by atoms with Crippen molar-refractivity contribution >= 4 is 5.91 Å². The second-order valence-electron chi connectivity index (χ2n) is 5.10. The number of piperidine rings is 1. The van der Waals surface area contributed by atoms with Crippen LogP contribution >= 0.6 is 0 Å². The summed E-state index contributed by atoms with van der Waals surface area (Å²) in [6.07, 6.45) is -0.268. The van der Waals surface area contributed by atoms with Crippen LogP contribution in [0.3, 0.4) is 0 Å². The fourth-order valence-electron chi connectivity index (χ4n) is 1.96. The highest BCUT2D eigenvalue weighted by atomic mass is 19.3. The van der Waals surface area contributed by atoms with Crippen molar-refractivity contribution in [1.82, 2.24) is 20.8 Å². The van der Waals surface area contributed by atoms with Gasteiger partial charge in [-0.2, -0.15) is 5.10 Å². The highest BCUT2D eigenvalue weighted by Gasteiger charge is 2.42. The molecule has 2 heterocycles. The minimum atomic E-state index is -2.88. The van der Waals surface area contributed by atoms with Gasteiger partial charge in [0.1, 0.15) is 11.7 Å². The van der Waals surface area contributed by atoms with Gasteiger partial charge in [-0.3, -0.25) is 9.89 Å². The van der Waals surface area contributed by atoms with Crippen molar-refractivity contribution in [3.05, 3.63) is 17.5 Å². The maximum absolute atomic E-state index is 13.6. The van der Waals surface area contributed by atoms with Gasteiger partial charge in [-0.15, -0.1) is 0 Å². The fraction of sp³-hybridized carbons (Fsp3) is 0.667. The SMILES string of the molecule is CC(C)c1cc(C(=O)NC2CNCCC2(F)F)n[nH]1. The summed E-state index contributed by atoms with van der Waals surface area (Å²) in [5.74, 6) is -3.25. The third kappa shape index (κ3) is 3.09. The van der Waals surface area contributed by atoms with Crippen LogP contribution in [-0.2, 0) is 0 Å². The lowest BCUT2D eigenvalue weighted by Crippen LogP contribution is -2.57. The summed E-state index contributed by atoms with van der Waals surface area (Å²) in [6.45, 7) is 4.24. The van der Waals surface area contributed by atoms with Gasteiger partial charge in [-0.25, -0.2) is 8.78 Å². The van der Waals surface area contributed by atoms with Gasteiger partial charge in [0.25, 0.3) is 11.8 Å². The number of halogens is 2. The van der Waals surface area contributed by atoms with Gasteiger partial charge < -0.3 is 10.6 Å². The molecule has 7 heteroatoms. The number of hydrogen-bond acceptors (Lipinski definition) is 3. The third-order valence-corrected chi connectivity index (χ3v) is 3.25. The summed E-state index contributed by atoms with van der Waals surface area (Å²) < 4.78 is 27.2. The van der Waals surface area contributed by atoms with Gasteiger partial charge in [0.2, 0.25) is 0 Å². The number of amides is 1. The Balaban J connectivity index is 2.03. The van der Waals surface area contributed by atoms with E-state index in [2.05, 4.69) is 20.8 Å². The van der Waals surface area contributed by atoms with Gasteiger partial charge in [-0.05, 0) is 12.0 Å². The monoisotopic (exact) mass is 272 g/mol. The molecule has 0 bridgehead atoms. The van der Waals surface area contributed by atoms with E-state index in [4.69, 9.17) is 0 Å². The molecule has 1 fully saturated rings. The molecular weight excluding hydrogens is 254 g/mol. The molecule has 2 rings (SSSR count). The fourth-order valence-corrected chi connectivity index (χ4v) is 1.96. The number of aromatic amines is 1. The van der Waals surface area contributed by atoms with Gasteiger partial charge in [0.15, 0.2) is 0 Å². The maximum atomic E-state index is 13.6. The summed E-state index contributed by atoms with van der Waals surface area (Å²) in [7, 11) is 0. The minimum absolute atomic E-state index is 0.0696. The number of alkyl halides is 2. The first-order valence-electron chi connectivity index (χ1n) is 6.35. The molecule has 19 heavy (non-hydrogen) atoms. The van der Waals surface area contributed by atoms with Crippen LogP contribution in [0.5, 0.6) is 0 Å². The van der Waals surface area contributed by atoms with Crippen LogP contribution in [0.25, 0.3) is 0 Å². The largest absolute Gasteiger partial charge is 0.341 e. The Morgan fingerprint density at radius 2 is 2.32 bits per heavy atom. The molecule has 1 unspecified atom stereocenters. The molecular formula is C12H18F2N4O. The number of rotatable bonds is 3. The quantitative estimate of drug-likeness (QED) is 0.776. The molecule has 0 spiro atoms. The van der Waals surface area contributed by atoms with E-state index >= 15 is 0 Å². The summed E-state index contributed by atoms with van der Waals surface area (Å²) in [5.41, 5.74) is 0.948. The predicted octanol–water partition coefficient (Wildman–Crippen LogP) is 1.26. The Kier molecular flexibility index (Phi) is 3.84. The number of carbonyl (C=O) groups is 1. The first-order valence-corrected chi connectivity index (χ1v) is 6.35. The lowest BCUT2D eigenvalue weighted by atomic mass is 10.0. The molecule has 1 aromatic heterocycles. The molecule has 0 saturated carbocycles. The van der Waals surface area contributed by atoms with Crippen LogP contribution in [0, 0.1) is 0 Å². The van der Waals surface area contributed by atoms with Gasteiger partial charge >= 0.3 is 0 Å². The standard InChI is InChI=1S/C12H18F2N4O/c1-7(2)8-5-9(18-17-8)11(19)16-10-6-15-4-3-12(10,13)14/h5,7,10,15H,3-4,6H2,1-2H3,(H,16,19)(H,17,18). The van der Waals surface area contributed by atoms with Crippen molar-refractivity contribution in [3.63, 3.8) is 0 Å². The molecule has 1 aromatic rings. The van der Waals surface area contributed by atoms with Crippen LogP contribution in [-0.4, -0.2) is 41.2 Å². The zero-order valence-electron chi connectivity index (χ0n) is 11.0. The van der Waals surface area contributed by atoms with E-state index in [0.717, 1.165) is 5.69 Å². The highest BCUT2D eigenvalue weighted by Crippen LogP contribution is 2.25. The summed E-state index contributed by atoms with van der Waals surface area (Å²) in [6, 6.07) is 0.405. The van der Waals surface area contributed by atoms with Crippen LogP contribution in [0.1, 0.15) is 42.4 Å². The molecule has 106 valence electrons. The van der Waals surface area contributed by atoms with Crippen LogP contribution in [0.15, 0.2) is 6.07 Å². The Labute approximate surface area is 110 Å². The van der Waals surface area contributed by atoms with E-state index in [-0.39, 0.29) is 31.1 Å². The number of H-pyrrole nitrogens is 1. The summed E-state index contributed by atoms with van der Waals surface area (Å²) in [5, 5.41) is 11.8. The number of aromatic nitrogens is 2. The van der Waals surface area contributed by atoms with Crippen LogP contribution in [0.4, 0.5) is 8.78 Å². The van der Waals surface area contributed by atoms with E-state index in [0.29, 0.717) is 0 Å². The zero-order chi connectivity index (χ0) is 14.0. The molecule has 5 nitrogen and oxygen atoms in total. The van der Waals surface area contributed by atoms with Crippen molar-refractivity contribution in [2.45, 2.75) is 38.2 Å². The Morgan fingerprint density at radius 3 is 2.89 bits per heavy atom. The smallest absolute Gasteiger partial charge is 0.272 e. The summed E-state index contributed by atoms with van der Waals surface area (Å²) in [4.78, 5) is 11.9. The van der Waals surface area contributed by atoms with E-state index in [9.17, 15) is 13.6 Å². The van der Waals surface area contributed by atoms with Crippen LogP contribution in [0.2, 0.25) is 0 Å². The molecule has 1 aliphatic heterocycles. The number of nitrogens with one attached hydrogen (secondary N) is 3. The summed E-state index contributed by atoms with van der Waals surface area (Å²) >= 11 is 0. The number of nitrogens with zero attached hydrogens (tertiary/aromatic N) is 1. The van der Waals surface area contributed by atoms with Crippen molar-refractivity contribution in [2.24, 2.45) is 0 Å². The van der Waals surface area contributed by atoms with Gasteiger partial charge in [-0.1, -0.05) is 13.8 Å². The van der Waals surface area contributed by atoms with E-state index in [1.54, 1.807) is 6.07 Å². The lowest BCUT2D eigenvalue weighted by molar-refractivity contribution is -0.0543. The molecule has 0 radical (unpaired) electrons. The first-order chi connectivity index (χ1) is 8.90. The second-order valence-corrected chi connectivity index (χ2v) is 5.10. The average molecular weight is 272 g/mol. The zero-order valence-corrected chi connectivity index (χ0v) is 11.0. The predicted molar refractivity (Wildman–Crippen MR) is 66.4 cm³/mol. The third-order valence-electron chi connectivity index (χ3n) is 3.25. The Bertz CT molecular complexity index is 458. The molecule has 3 N–H and O–H groups in total. The molecule has 0 aliphatic carbocycles. The normalized spacial score (nSPS) is 22.5. The number of carbonyl (C=O) groups excluding carboxylic acids is 1. The molecule has 1 amide bonds. The highest BCUT2D eigenvalue weighted by molar-refractivity contribution is 5.92. The van der Waals surface area contributed by atoms with Crippen molar-refractivity contribution in [3.8, 4) is 0 Å². The Hall–Kier alpha value is -1.50. The van der Waals surface area contributed by atoms with Crippen molar-refractivity contribution in [1.29, 1.82) is 0 Å². The first kappa shape index (κ1) is 13.9. The molecule has 1 aliphatic rings. The van der Waals surface area contributed by atoms with E-state index < -0.39 is 17.9 Å². The Morgan fingerprint density at radius 1 is 1.58 bits per heavy atom. The molecule has 1 atom stereocenters.